The minimum atomic E-state index is -0.426. The Hall–Kier alpha value is -2.34. The van der Waals surface area contributed by atoms with Crippen molar-refractivity contribution >= 4 is 11.8 Å². The van der Waals surface area contributed by atoms with Crippen molar-refractivity contribution in [2.45, 2.75) is 67.1 Å². The second kappa shape index (κ2) is 8.89. The largest absolute Gasteiger partial charge is 0.497 e. The number of rotatable bonds is 4. The Kier molecular flexibility index (Phi) is 6.75. The zero-order chi connectivity index (χ0) is 23.8. The Bertz CT molecular complexity index is 904. The number of benzene rings is 1. The van der Waals surface area contributed by atoms with Crippen LogP contribution < -0.4 is 4.74 Å². The van der Waals surface area contributed by atoms with Gasteiger partial charge in [0.1, 0.15) is 17.6 Å². The molecule has 176 valence electrons. The number of hydrogen-bond acceptors (Lipinski definition) is 6. The molecule has 0 unspecified atom stereocenters. The SMILES string of the molecule is COC(=O)[C@H]1CN(Cc2ccc(OC)cc2)CC2=C(C(C)(C)C)[C@H](C)N=C(C(C)(C)C)N21. The zero-order valence-corrected chi connectivity index (χ0v) is 21.2. The molecule has 1 saturated heterocycles. The van der Waals surface area contributed by atoms with Crippen LogP contribution in [0.1, 0.15) is 54.0 Å². The monoisotopic (exact) mass is 441 g/mol. The fraction of sp³-hybridized carbons (Fsp3) is 0.615. The number of aliphatic imine (C=N–C) groups is 1. The highest BCUT2D eigenvalue weighted by Gasteiger charge is 2.46. The van der Waals surface area contributed by atoms with Gasteiger partial charge in [0.25, 0.3) is 0 Å². The summed E-state index contributed by atoms with van der Waals surface area (Å²) in [4.78, 5) is 22.7. The Morgan fingerprint density at radius 3 is 2.19 bits per heavy atom. The molecule has 0 amide bonds. The second-order valence-electron chi connectivity index (χ2n) is 10.9. The summed E-state index contributed by atoms with van der Waals surface area (Å²) in [5.74, 6) is 1.59. The molecular formula is C26H39N3O3. The summed E-state index contributed by atoms with van der Waals surface area (Å²) in [6, 6.07) is 7.78. The van der Waals surface area contributed by atoms with Crippen LogP contribution in [0.4, 0.5) is 0 Å². The van der Waals surface area contributed by atoms with Gasteiger partial charge in [0.15, 0.2) is 0 Å². The van der Waals surface area contributed by atoms with Crippen LogP contribution in [-0.2, 0) is 16.1 Å². The molecule has 2 aliphatic rings. The van der Waals surface area contributed by atoms with Crippen LogP contribution in [0.15, 0.2) is 40.5 Å². The van der Waals surface area contributed by atoms with Gasteiger partial charge in [0.05, 0.1) is 20.3 Å². The number of hydrogen-bond donors (Lipinski definition) is 0. The molecule has 6 heteroatoms. The lowest BCUT2D eigenvalue weighted by Crippen LogP contribution is -2.61. The van der Waals surface area contributed by atoms with E-state index < -0.39 is 6.04 Å². The normalized spacial score (nSPS) is 22.4. The van der Waals surface area contributed by atoms with Gasteiger partial charge >= 0.3 is 5.97 Å². The molecule has 0 N–H and O–H groups in total. The summed E-state index contributed by atoms with van der Waals surface area (Å²) in [5, 5.41) is 0. The Labute approximate surface area is 193 Å². The molecule has 2 heterocycles. The van der Waals surface area contributed by atoms with Crippen LogP contribution in [-0.4, -0.2) is 61.0 Å². The van der Waals surface area contributed by atoms with E-state index in [1.807, 2.05) is 12.1 Å². The summed E-state index contributed by atoms with van der Waals surface area (Å²) in [7, 11) is 3.15. The van der Waals surface area contributed by atoms with Gasteiger partial charge in [-0.15, -0.1) is 0 Å². The lowest BCUT2D eigenvalue weighted by Gasteiger charge is -2.51. The number of ether oxygens (including phenoxy) is 2. The molecule has 0 bridgehead atoms. The first kappa shape index (κ1) is 24.3. The summed E-state index contributed by atoms with van der Waals surface area (Å²) < 4.78 is 10.6. The number of piperazine rings is 1. The maximum Gasteiger partial charge on any atom is 0.330 e. The molecule has 1 aromatic carbocycles. The van der Waals surface area contributed by atoms with Gasteiger partial charge in [-0.2, -0.15) is 0 Å². The fourth-order valence-corrected chi connectivity index (χ4v) is 4.95. The minimum Gasteiger partial charge on any atom is -0.497 e. The number of amidine groups is 1. The minimum absolute atomic E-state index is 0.0645. The van der Waals surface area contributed by atoms with E-state index in [1.54, 1.807) is 7.11 Å². The molecule has 2 aliphatic heterocycles. The third-order valence-corrected chi connectivity index (χ3v) is 6.20. The molecule has 6 nitrogen and oxygen atoms in total. The predicted molar refractivity (Wildman–Crippen MR) is 129 cm³/mol. The fourth-order valence-electron chi connectivity index (χ4n) is 4.95. The van der Waals surface area contributed by atoms with E-state index in [0.29, 0.717) is 6.54 Å². The summed E-state index contributed by atoms with van der Waals surface area (Å²) >= 11 is 0. The first-order valence-corrected chi connectivity index (χ1v) is 11.4. The molecule has 3 rings (SSSR count). The van der Waals surface area contributed by atoms with Crippen molar-refractivity contribution in [1.29, 1.82) is 0 Å². The van der Waals surface area contributed by atoms with Gasteiger partial charge in [0.2, 0.25) is 0 Å². The van der Waals surface area contributed by atoms with Crippen molar-refractivity contribution in [2.75, 3.05) is 27.3 Å². The van der Waals surface area contributed by atoms with Crippen LogP contribution in [0.2, 0.25) is 0 Å². The van der Waals surface area contributed by atoms with Gasteiger partial charge in [-0.3, -0.25) is 9.89 Å². The second-order valence-corrected chi connectivity index (χ2v) is 10.9. The van der Waals surface area contributed by atoms with Gasteiger partial charge < -0.3 is 14.4 Å². The average Bonchev–Trinajstić information content (AvgIpc) is 2.70. The number of nitrogens with zero attached hydrogens (tertiary/aromatic N) is 3. The molecule has 32 heavy (non-hydrogen) atoms. The average molecular weight is 442 g/mol. The maximum atomic E-state index is 13.0. The van der Waals surface area contributed by atoms with Crippen molar-refractivity contribution < 1.29 is 14.3 Å². The molecule has 0 spiro atoms. The third kappa shape index (κ3) is 4.85. The van der Waals surface area contributed by atoms with E-state index in [9.17, 15) is 4.79 Å². The first-order valence-electron chi connectivity index (χ1n) is 11.4. The van der Waals surface area contributed by atoms with Crippen LogP contribution >= 0.6 is 0 Å². The molecule has 1 aromatic rings. The molecular weight excluding hydrogens is 402 g/mol. The topological polar surface area (TPSA) is 54.4 Å². The van der Waals surface area contributed by atoms with E-state index >= 15 is 0 Å². The summed E-state index contributed by atoms with van der Waals surface area (Å²) in [6.45, 7) is 17.5. The Morgan fingerprint density at radius 1 is 1.06 bits per heavy atom. The summed E-state index contributed by atoms with van der Waals surface area (Å²) in [6.07, 6.45) is 0. The molecule has 2 atom stereocenters. The molecule has 1 fully saturated rings. The van der Waals surface area contributed by atoms with E-state index in [1.165, 1.54) is 23.9 Å². The standard InChI is InChI=1S/C26H39N3O3/c1-17-22(25(2,3)4)20-15-28(14-18-10-12-19(31-8)13-11-18)16-21(23(30)32-9)29(20)24(27-17)26(5,6)7/h10-13,17,21H,14-16H2,1-9H3/t17-,21+/m0/s1. The molecule has 0 aliphatic carbocycles. The smallest absolute Gasteiger partial charge is 0.330 e. The first-order chi connectivity index (χ1) is 14.9. The lowest BCUT2D eigenvalue weighted by molar-refractivity contribution is -0.146. The highest BCUT2D eigenvalue weighted by molar-refractivity contribution is 5.94. The highest BCUT2D eigenvalue weighted by atomic mass is 16.5. The van der Waals surface area contributed by atoms with Crippen LogP contribution in [0.3, 0.4) is 0 Å². The lowest BCUT2D eigenvalue weighted by atomic mass is 9.78. The Balaban J connectivity index is 2.07. The van der Waals surface area contributed by atoms with Gasteiger partial charge in [-0.05, 0) is 35.6 Å². The van der Waals surface area contributed by atoms with E-state index in [2.05, 4.69) is 70.4 Å². The van der Waals surface area contributed by atoms with Crippen LogP contribution in [0.5, 0.6) is 5.75 Å². The van der Waals surface area contributed by atoms with Crippen molar-refractivity contribution in [3.05, 3.63) is 41.1 Å². The Morgan fingerprint density at radius 2 is 1.69 bits per heavy atom. The molecule has 0 aromatic heterocycles. The van der Waals surface area contributed by atoms with Crippen molar-refractivity contribution in [2.24, 2.45) is 15.8 Å². The highest BCUT2D eigenvalue weighted by Crippen LogP contribution is 2.42. The predicted octanol–water partition coefficient (Wildman–Crippen LogP) is 4.50. The van der Waals surface area contributed by atoms with E-state index in [4.69, 9.17) is 14.5 Å². The van der Waals surface area contributed by atoms with Gasteiger partial charge in [0, 0.05) is 30.7 Å². The van der Waals surface area contributed by atoms with Crippen molar-refractivity contribution in [1.82, 2.24) is 9.80 Å². The van der Waals surface area contributed by atoms with Gasteiger partial charge in [-0.1, -0.05) is 53.7 Å². The molecule has 0 radical (unpaired) electrons. The number of carbonyl (C=O) groups excluding carboxylic acids is 1. The van der Waals surface area contributed by atoms with E-state index in [0.717, 1.165) is 24.7 Å². The summed E-state index contributed by atoms with van der Waals surface area (Å²) in [5.41, 5.74) is 3.42. The number of carbonyl (C=O) groups is 1. The van der Waals surface area contributed by atoms with Crippen molar-refractivity contribution in [3.63, 3.8) is 0 Å². The number of esters is 1. The van der Waals surface area contributed by atoms with E-state index in [-0.39, 0.29) is 22.8 Å². The third-order valence-electron chi connectivity index (χ3n) is 6.20. The zero-order valence-electron chi connectivity index (χ0n) is 21.2. The van der Waals surface area contributed by atoms with Crippen molar-refractivity contribution in [3.8, 4) is 5.75 Å². The molecule has 0 saturated carbocycles. The number of fused-ring (bicyclic) bond motifs is 1. The maximum absolute atomic E-state index is 13.0. The van der Waals surface area contributed by atoms with Gasteiger partial charge in [-0.25, -0.2) is 4.79 Å². The number of methoxy groups -OCH3 is 2. The van der Waals surface area contributed by atoms with Crippen LogP contribution in [0, 0.1) is 10.8 Å². The van der Waals surface area contributed by atoms with Crippen LogP contribution in [0.25, 0.3) is 0 Å². The quantitative estimate of drug-likeness (QED) is 0.644.